The number of fused-ring (bicyclic) bond motifs is 2. The van der Waals surface area contributed by atoms with E-state index in [1.807, 2.05) is 45.0 Å². The molecule has 2 fully saturated rings. The third-order valence-corrected chi connectivity index (χ3v) is 9.28. The van der Waals surface area contributed by atoms with Crippen molar-refractivity contribution in [3.05, 3.63) is 52.0 Å². The minimum Gasteiger partial charge on any atom is -0.493 e. The van der Waals surface area contributed by atoms with Crippen molar-refractivity contribution in [3.8, 4) is 5.75 Å². The van der Waals surface area contributed by atoms with Gasteiger partial charge < -0.3 is 34.0 Å². The summed E-state index contributed by atoms with van der Waals surface area (Å²) in [5.41, 5.74) is 0.217. The van der Waals surface area contributed by atoms with E-state index in [0.29, 0.717) is 50.4 Å². The molecule has 0 spiro atoms. The summed E-state index contributed by atoms with van der Waals surface area (Å²) < 4.78 is 15.8. The fourth-order valence-corrected chi connectivity index (χ4v) is 6.53. The van der Waals surface area contributed by atoms with Crippen LogP contribution in [0.1, 0.15) is 76.5 Å². The minimum atomic E-state index is -1.07. The lowest BCUT2D eigenvalue weighted by molar-refractivity contribution is -0.149. The molecule has 2 aromatic rings. The highest BCUT2D eigenvalue weighted by molar-refractivity contribution is 5.94. The van der Waals surface area contributed by atoms with Crippen LogP contribution >= 0.6 is 0 Å². The molecule has 0 unspecified atom stereocenters. The predicted octanol–water partition coefficient (Wildman–Crippen LogP) is 2.12. The number of aryl methyl sites for hydroxylation is 1. The molecule has 0 radical (unpaired) electrons. The van der Waals surface area contributed by atoms with Crippen LogP contribution in [-0.2, 0) is 25.7 Å². The van der Waals surface area contributed by atoms with Crippen LogP contribution in [0.2, 0.25) is 0 Å². The van der Waals surface area contributed by atoms with Crippen molar-refractivity contribution in [2.24, 2.45) is 5.41 Å². The molecule has 0 saturated carbocycles. The average Bonchev–Trinajstić information content (AvgIpc) is 3.57. The highest BCUT2D eigenvalue weighted by Crippen LogP contribution is 2.34. The van der Waals surface area contributed by atoms with Crippen LogP contribution in [0, 0.1) is 12.3 Å². The average molecular weight is 640 g/mol. The van der Waals surface area contributed by atoms with Gasteiger partial charge in [-0.25, -0.2) is 4.79 Å². The molecule has 0 bridgehead atoms. The largest absolute Gasteiger partial charge is 0.519 e. The lowest BCUT2D eigenvalue weighted by Gasteiger charge is -2.41. The second-order valence-electron chi connectivity index (χ2n) is 13.6. The number of carbonyl (C=O) groups is 4. The molecule has 4 heterocycles. The number of carbonyl (C=O) groups excluding carboxylic acids is 4. The van der Waals surface area contributed by atoms with Crippen LogP contribution in [0.15, 0.2) is 37.9 Å². The molecule has 1 aromatic heterocycles. The molecular weight excluding hydrogens is 594 g/mol. The van der Waals surface area contributed by atoms with E-state index in [2.05, 4.69) is 10.6 Å². The molecule has 5 atom stereocenters. The fourth-order valence-electron chi connectivity index (χ4n) is 6.53. The maximum absolute atomic E-state index is 14.4. The van der Waals surface area contributed by atoms with Crippen molar-refractivity contribution >= 4 is 23.6 Å². The Hall–Kier alpha value is -4.13. The number of amides is 4. The number of rotatable bonds is 7. The van der Waals surface area contributed by atoms with Crippen LogP contribution in [0.4, 0.5) is 0 Å². The zero-order valence-corrected chi connectivity index (χ0v) is 27.5. The number of hydrogen-bond acceptors (Lipinski definition) is 9. The summed E-state index contributed by atoms with van der Waals surface area (Å²) in [5.74, 6) is -0.639. The molecule has 13 nitrogen and oxygen atoms in total. The van der Waals surface area contributed by atoms with Crippen molar-refractivity contribution in [2.45, 2.75) is 97.1 Å². The second-order valence-corrected chi connectivity index (χ2v) is 13.6. The van der Waals surface area contributed by atoms with E-state index in [-0.39, 0.29) is 42.9 Å². The van der Waals surface area contributed by atoms with Gasteiger partial charge in [0.1, 0.15) is 23.6 Å². The number of para-hydroxylation sites is 1. The SMILES string of the molecule is Cc1oc(=O)oc1CN(C)[C@@H](C)C(=O)N[C@H]1CN(C(=O)C(C)(C)C)CC[C@H]2CC[C@@H](C(=O)N[C@@H]3CCOc4ccccc43)N2C1=O. The summed E-state index contributed by atoms with van der Waals surface area (Å²) in [4.78, 5) is 71.7. The van der Waals surface area contributed by atoms with Crippen LogP contribution < -0.4 is 21.2 Å². The van der Waals surface area contributed by atoms with Gasteiger partial charge in [-0.1, -0.05) is 39.0 Å². The van der Waals surface area contributed by atoms with Gasteiger partial charge in [0.05, 0.1) is 25.2 Å². The van der Waals surface area contributed by atoms with Gasteiger partial charge >= 0.3 is 5.82 Å². The first-order valence-corrected chi connectivity index (χ1v) is 16.0. The molecule has 0 aliphatic carbocycles. The Morgan fingerprint density at radius 3 is 2.46 bits per heavy atom. The minimum absolute atomic E-state index is 0.0161. The third-order valence-electron chi connectivity index (χ3n) is 9.28. The molecule has 2 N–H and O–H groups in total. The molecule has 4 amide bonds. The molecule has 46 heavy (non-hydrogen) atoms. The van der Waals surface area contributed by atoms with E-state index in [9.17, 15) is 24.0 Å². The molecule has 2 saturated heterocycles. The van der Waals surface area contributed by atoms with E-state index in [1.54, 1.807) is 35.6 Å². The van der Waals surface area contributed by atoms with E-state index in [1.165, 1.54) is 0 Å². The predicted molar refractivity (Wildman–Crippen MR) is 167 cm³/mol. The van der Waals surface area contributed by atoms with Gasteiger partial charge in [-0.15, -0.1) is 0 Å². The van der Waals surface area contributed by atoms with Crippen molar-refractivity contribution < 1.29 is 32.7 Å². The normalized spacial score (nSPS) is 23.9. The quantitative estimate of drug-likeness (QED) is 0.464. The van der Waals surface area contributed by atoms with E-state index in [4.69, 9.17) is 13.6 Å². The monoisotopic (exact) mass is 639 g/mol. The molecule has 3 aliphatic rings. The zero-order valence-electron chi connectivity index (χ0n) is 27.5. The first kappa shape index (κ1) is 33.2. The van der Waals surface area contributed by atoms with Gasteiger partial charge in [0.25, 0.3) is 0 Å². The summed E-state index contributed by atoms with van der Waals surface area (Å²) in [6.45, 7) is 9.74. The number of nitrogens with one attached hydrogen (secondary N) is 2. The number of hydrogen-bond donors (Lipinski definition) is 2. The number of nitrogens with zero attached hydrogens (tertiary/aromatic N) is 3. The zero-order chi connectivity index (χ0) is 33.3. The summed E-state index contributed by atoms with van der Waals surface area (Å²) in [6, 6.07) is 4.61. The lowest BCUT2D eigenvalue weighted by Crippen LogP contribution is -2.63. The summed E-state index contributed by atoms with van der Waals surface area (Å²) >= 11 is 0. The number of benzene rings is 1. The standard InChI is InChI=1S/C33H45N5O8/c1-19(36(6)18-27-20(2)45-32(43)46-27)28(39)35-24-17-37(31(42)33(3,4)5)15-13-21-11-12-25(38(21)30(24)41)29(40)34-23-14-16-44-26-10-8-7-9-22(23)26/h7-10,19,21,23-25H,11-18H2,1-6H3,(H,34,40)(H,35,39)/t19-,21+,23+,24-,25-/m0/s1. The van der Waals surface area contributed by atoms with E-state index >= 15 is 0 Å². The fraction of sp³-hybridized carbons (Fsp3) is 0.606. The second kappa shape index (κ2) is 13.3. The lowest BCUT2D eigenvalue weighted by atomic mass is 9.93. The molecule has 5 rings (SSSR count). The van der Waals surface area contributed by atoms with Gasteiger partial charge in [-0.2, -0.15) is 0 Å². The van der Waals surface area contributed by atoms with Gasteiger partial charge in [-0.3, -0.25) is 24.1 Å². The first-order chi connectivity index (χ1) is 21.7. The Balaban J connectivity index is 1.36. The summed E-state index contributed by atoms with van der Waals surface area (Å²) in [7, 11) is 1.69. The molecular formula is C33H45N5O8. The Morgan fingerprint density at radius 1 is 1.02 bits per heavy atom. The van der Waals surface area contributed by atoms with Crippen LogP contribution in [0.3, 0.4) is 0 Å². The highest BCUT2D eigenvalue weighted by atomic mass is 16.6. The van der Waals surface area contributed by atoms with Crippen LogP contribution in [0.5, 0.6) is 5.75 Å². The van der Waals surface area contributed by atoms with Crippen LogP contribution in [-0.4, -0.2) is 89.2 Å². The highest BCUT2D eigenvalue weighted by Gasteiger charge is 2.46. The topological polar surface area (TPSA) is 155 Å². The first-order valence-electron chi connectivity index (χ1n) is 16.0. The van der Waals surface area contributed by atoms with E-state index in [0.717, 1.165) is 11.3 Å². The van der Waals surface area contributed by atoms with E-state index < -0.39 is 35.3 Å². The maximum atomic E-state index is 14.4. The van der Waals surface area contributed by atoms with Crippen molar-refractivity contribution in [2.75, 3.05) is 26.7 Å². The van der Waals surface area contributed by atoms with Gasteiger partial charge in [-0.05, 0) is 46.2 Å². The Morgan fingerprint density at radius 2 is 1.76 bits per heavy atom. The number of ether oxygens (including phenoxy) is 1. The maximum Gasteiger partial charge on any atom is 0.519 e. The Bertz CT molecular complexity index is 1530. The Labute approximate surface area is 268 Å². The van der Waals surface area contributed by atoms with Crippen molar-refractivity contribution in [3.63, 3.8) is 0 Å². The van der Waals surface area contributed by atoms with Crippen molar-refractivity contribution in [1.29, 1.82) is 0 Å². The molecule has 1 aromatic carbocycles. The summed E-state index contributed by atoms with van der Waals surface area (Å²) in [5, 5.41) is 6.06. The Kier molecular flexibility index (Phi) is 9.62. The van der Waals surface area contributed by atoms with Crippen LogP contribution in [0.25, 0.3) is 0 Å². The van der Waals surface area contributed by atoms with Crippen molar-refractivity contribution in [1.82, 2.24) is 25.3 Å². The van der Waals surface area contributed by atoms with Gasteiger partial charge in [0.2, 0.25) is 23.6 Å². The molecule has 3 aliphatic heterocycles. The molecule has 250 valence electrons. The van der Waals surface area contributed by atoms with Gasteiger partial charge in [0.15, 0.2) is 5.76 Å². The third kappa shape index (κ3) is 6.98. The summed E-state index contributed by atoms with van der Waals surface area (Å²) in [6.07, 6.45) is 2.24. The molecule has 13 heteroatoms. The van der Waals surface area contributed by atoms with Gasteiger partial charge in [0, 0.05) is 36.5 Å². The smallest absolute Gasteiger partial charge is 0.493 e. The number of likely N-dealkylation sites (N-methyl/N-ethyl adjacent to an activating group) is 1.